The highest BCUT2D eigenvalue weighted by molar-refractivity contribution is 5.77. The van der Waals surface area contributed by atoms with Gasteiger partial charge in [0, 0.05) is 25.2 Å². The average Bonchev–Trinajstić information content (AvgIpc) is 2.71. The fraction of sp³-hybridized carbons (Fsp3) is 0.455. The second kappa shape index (κ2) is 3.86. The fourth-order valence-electron chi connectivity index (χ4n) is 2.16. The summed E-state index contributed by atoms with van der Waals surface area (Å²) in [4.78, 5) is 1.30. The molecule has 2 aliphatic heterocycles. The Kier molecular flexibility index (Phi) is 2.42. The van der Waals surface area contributed by atoms with Crippen LogP contribution in [-0.2, 0) is 0 Å². The van der Waals surface area contributed by atoms with Crippen molar-refractivity contribution >= 4 is 11.4 Å². The number of ether oxygens (including phenoxy) is 2. The second-order valence-corrected chi connectivity index (χ2v) is 4.19. The van der Waals surface area contributed by atoms with Gasteiger partial charge >= 0.3 is 6.18 Å². The first kappa shape index (κ1) is 11.3. The number of nitrogens with one attached hydrogen (secondary N) is 1. The zero-order valence-corrected chi connectivity index (χ0v) is 9.38. The van der Waals surface area contributed by atoms with Crippen molar-refractivity contribution in [3.63, 3.8) is 0 Å². The molecular formula is C11H11F3N2O2. The first-order valence-corrected chi connectivity index (χ1v) is 5.52. The summed E-state index contributed by atoms with van der Waals surface area (Å²) in [7, 11) is 0. The van der Waals surface area contributed by atoms with Crippen LogP contribution in [0.25, 0.3) is 0 Å². The monoisotopic (exact) mass is 260 g/mol. The van der Waals surface area contributed by atoms with Gasteiger partial charge in [-0.15, -0.1) is 0 Å². The van der Waals surface area contributed by atoms with Crippen molar-refractivity contribution in [2.24, 2.45) is 0 Å². The topological polar surface area (TPSA) is 33.7 Å². The predicted octanol–water partition coefficient (Wildman–Crippen LogP) is 2.21. The highest BCUT2D eigenvalue weighted by Gasteiger charge is 2.33. The van der Waals surface area contributed by atoms with Crippen LogP contribution in [0.15, 0.2) is 12.1 Å². The first-order chi connectivity index (χ1) is 8.53. The van der Waals surface area contributed by atoms with Gasteiger partial charge in [0.1, 0.15) is 6.54 Å². The Bertz CT molecular complexity index is 476. The van der Waals surface area contributed by atoms with E-state index in [1.165, 1.54) is 4.90 Å². The average molecular weight is 260 g/mol. The van der Waals surface area contributed by atoms with Gasteiger partial charge in [0.15, 0.2) is 11.5 Å². The van der Waals surface area contributed by atoms with Crippen molar-refractivity contribution in [1.82, 2.24) is 0 Å². The van der Waals surface area contributed by atoms with E-state index in [4.69, 9.17) is 9.47 Å². The Morgan fingerprint density at radius 1 is 1.22 bits per heavy atom. The molecule has 18 heavy (non-hydrogen) atoms. The van der Waals surface area contributed by atoms with E-state index in [2.05, 4.69) is 5.32 Å². The summed E-state index contributed by atoms with van der Waals surface area (Å²) < 4.78 is 47.9. The molecule has 3 rings (SSSR count). The van der Waals surface area contributed by atoms with Gasteiger partial charge in [0.25, 0.3) is 0 Å². The van der Waals surface area contributed by atoms with E-state index in [1.54, 1.807) is 12.1 Å². The van der Waals surface area contributed by atoms with E-state index < -0.39 is 12.7 Å². The van der Waals surface area contributed by atoms with Gasteiger partial charge in [-0.1, -0.05) is 0 Å². The van der Waals surface area contributed by atoms with Crippen LogP contribution in [0.2, 0.25) is 0 Å². The van der Waals surface area contributed by atoms with Crippen LogP contribution in [0.5, 0.6) is 11.5 Å². The Labute approximate surface area is 101 Å². The lowest BCUT2D eigenvalue weighted by molar-refractivity contribution is -0.119. The van der Waals surface area contributed by atoms with Gasteiger partial charge in [0.2, 0.25) is 6.79 Å². The molecule has 0 radical (unpaired) electrons. The molecule has 0 saturated heterocycles. The molecule has 0 aliphatic carbocycles. The summed E-state index contributed by atoms with van der Waals surface area (Å²) in [6.07, 6.45) is -4.22. The van der Waals surface area contributed by atoms with E-state index >= 15 is 0 Å². The summed E-state index contributed by atoms with van der Waals surface area (Å²) in [6, 6.07) is 3.27. The van der Waals surface area contributed by atoms with Gasteiger partial charge < -0.3 is 19.7 Å². The Hall–Kier alpha value is -1.79. The third kappa shape index (κ3) is 2.00. The third-order valence-corrected chi connectivity index (χ3v) is 2.90. The number of hydrogen-bond donors (Lipinski definition) is 1. The number of rotatable bonds is 1. The fourth-order valence-corrected chi connectivity index (χ4v) is 2.16. The van der Waals surface area contributed by atoms with Gasteiger partial charge in [-0.25, -0.2) is 0 Å². The molecule has 2 heterocycles. The second-order valence-electron chi connectivity index (χ2n) is 4.19. The van der Waals surface area contributed by atoms with Crippen LogP contribution < -0.4 is 19.7 Å². The molecule has 2 aliphatic rings. The zero-order valence-electron chi connectivity index (χ0n) is 9.38. The van der Waals surface area contributed by atoms with E-state index in [0.717, 1.165) is 0 Å². The largest absolute Gasteiger partial charge is 0.454 e. The molecule has 7 heteroatoms. The maximum absolute atomic E-state index is 12.5. The zero-order chi connectivity index (χ0) is 12.8. The van der Waals surface area contributed by atoms with Crippen LogP contribution in [-0.4, -0.2) is 32.6 Å². The molecule has 0 spiro atoms. The van der Waals surface area contributed by atoms with E-state index in [9.17, 15) is 13.2 Å². The van der Waals surface area contributed by atoms with Crippen molar-refractivity contribution in [3.8, 4) is 11.5 Å². The molecule has 0 atom stereocenters. The summed E-state index contributed by atoms with van der Waals surface area (Å²) in [5.74, 6) is 1.06. The van der Waals surface area contributed by atoms with E-state index in [1.807, 2.05) is 0 Å². The molecule has 0 saturated carbocycles. The smallest absolute Gasteiger partial charge is 0.405 e. The molecule has 1 N–H and O–H groups in total. The molecule has 1 aromatic carbocycles. The Balaban J connectivity index is 1.95. The normalized spacial score (nSPS) is 17.4. The number of nitrogens with zero attached hydrogens (tertiary/aromatic N) is 1. The molecule has 0 aromatic heterocycles. The first-order valence-electron chi connectivity index (χ1n) is 5.52. The van der Waals surface area contributed by atoms with Crippen LogP contribution in [0, 0.1) is 0 Å². The van der Waals surface area contributed by atoms with E-state index in [-0.39, 0.29) is 6.79 Å². The lowest BCUT2D eigenvalue weighted by Gasteiger charge is -2.32. The summed E-state index contributed by atoms with van der Waals surface area (Å²) in [5, 5.41) is 3.06. The number of anilines is 2. The van der Waals surface area contributed by atoms with Gasteiger partial charge in [-0.05, 0) is 0 Å². The molecule has 0 amide bonds. The molecule has 0 bridgehead atoms. The highest BCUT2D eigenvalue weighted by Crippen LogP contribution is 2.42. The number of fused-ring (bicyclic) bond motifs is 2. The van der Waals surface area contributed by atoms with Gasteiger partial charge in [-0.2, -0.15) is 13.2 Å². The lowest BCUT2D eigenvalue weighted by atomic mass is 10.1. The van der Waals surface area contributed by atoms with Gasteiger partial charge in [-0.3, -0.25) is 0 Å². The Morgan fingerprint density at radius 3 is 2.67 bits per heavy atom. The summed E-state index contributed by atoms with van der Waals surface area (Å²) in [6.45, 7) is -0.0618. The highest BCUT2D eigenvalue weighted by atomic mass is 19.4. The van der Waals surface area contributed by atoms with Crippen molar-refractivity contribution in [1.29, 1.82) is 0 Å². The lowest BCUT2D eigenvalue weighted by Crippen LogP contribution is -2.40. The molecule has 0 unspecified atom stereocenters. The summed E-state index contributed by atoms with van der Waals surface area (Å²) in [5.41, 5.74) is 1.15. The van der Waals surface area contributed by atoms with Crippen LogP contribution in [0.3, 0.4) is 0 Å². The molecule has 1 aromatic rings. The van der Waals surface area contributed by atoms with Crippen molar-refractivity contribution in [3.05, 3.63) is 12.1 Å². The minimum Gasteiger partial charge on any atom is -0.454 e. The Morgan fingerprint density at radius 2 is 1.94 bits per heavy atom. The van der Waals surface area contributed by atoms with Crippen molar-refractivity contribution in [2.75, 3.05) is 36.6 Å². The molecule has 0 fully saturated rings. The molecular weight excluding hydrogens is 249 g/mol. The molecule has 4 nitrogen and oxygen atoms in total. The minimum atomic E-state index is -4.22. The third-order valence-electron chi connectivity index (χ3n) is 2.90. The van der Waals surface area contributed by atoms with Crippen LogP contribution in [0.1, 0.15) is 0 Å². The standard InChI is InChI=1S/C11H11F3N2O2/c12-11(13,14)5-16-2-1-15-7-3-9-10(4-8(7)16)18-6-17-9/h3-4,15H,1-2,5-6H2. The number of hydrogen-bond acceptors (Lipinski definition) is 4. The maximum atomic E-state index is 12.5. The van der Waals surface area contributed by atoms with Crippen molar-refractivity contribution in [2.45, 2.75) is 6.18 Å². The minimum absolute atomic E-state index is 0.109. The van der Waals surface area contributed by atoms with Gasteiger partial charge in [0.05, 0.1) is 11.4 Å². The predicted molar refractivity (Wildman–Crippen MR) is 59.3 cm³/mol. The molecule has 98 valence electrons. The quantitative estimate of drug-likeness (QED) is 0.839. The maximum Gasteiger partial charge on any atom is 0.405 e. The van der Waals surface area contributed by atoms with Crippen LogP contribution in [0.4, 0.5) is 24.5 Å². The van der Waals surface area contributed by atoms with Crippen LogP contribution >= 0.6 is 0 Å². The number of halogens is 3. The summed E-state index contributed by atoms with van der Waals surface area (Å²) >= 11 is 0. The SMILES string of the molecule is FC(F)(F)CN1CCNc2cc3c(cc21)OCO3. The number of alkyl halides is 3. The van der Waals surface area contributed by atoms with E-state index in [0.29, 0.717) is 36.0 Å². The van der Waals surface area contributed by atoms with Crippen molar-refractivity contribution < 1.29 is 22.6 Å². The number of benzene rings is 1.